The first-order valence-electron chi connectivity index (χ1n) is 6.29. The molecule has 0 unspecified atom stereocenters. The monoisotopic (exact) mass is 262 g/mol. The average molecular weight is 262 g/mol. The van der Waals surface area contributed by atoms with E-state index in [1.807, 2.05) is 13.1 Å². The number of rotatable bonds is 6. The zero-order chi connectivity index (χ0) is 13.7. The van der Waals surface area contributed by atoms with E-state index < -0.39 is 0 Å². The fourth-order valence-corrected chi connectivity index (χ4v) is 1.77. The zero-order valence-corrected chi connectivity index (χ0v) is 11.1. The van der Waals surface area contributed by atoms with Gasteiger partial charge in [-0.15, -0.1) is 0 Å². The Labute approximate surface area is 111 Å². The van der Waals surface area contributed by atoms with Crippen LogP contribution in [0.1, 0.15) is 25.8 Å². The number of nitrogens with one attached hydrogen (secondary N) is 1. The number of nitrogens with two attached hydrogens (primary N) is 1. The van der Waals surface area contributed by atoms with Crippen molar-refractivity contribution in [3.63, 3.8) is 0 Å². The van der Waals surface area contributed by atoms with Crippen molar-refractivity contribution < 1.29 is 4.74 Å². The highest BCUT2D eigenvalue weighted by atomic mass is 16.5. The third-order valence-electron chi connectivity index (χ3n) is 2.69. The van der Waals surface area contributed by atoms with E-state index in [0.29, 0.717) is 17.4 Å². The van der Waals surface area contributed by atoms with E-state index in [9.17, 15) is 0 Å². The van der Waals surface area contributed by atoms with E-state index in [1.54, 1.807) is 10.9 Å². The van der Waals surface area contributed by atoms with Crippen LogP contribution in [-0.2, 0) is 13.0 Å². The molecule has 0 bridgehead atoms. The number of hydrazine groups is 1. The number of nitrogen functional groups attached to an aromatic ring is 1. The van der Waals surface area contributed by atoms with Gasteiger partial charge in [0.2, 0.25) is 5.88 Å². The first-order chi connectivity index (χ1) is 9.28. The van der Waals surface area contributed by atoms with Gasteiger partial charge in [0, 0.05) is 6.54 Å². The number of nitrogens with zero attached hydrogens (tertiary/aromatic N) is 4. The lowest BCUT2D eigenvalue weighted by molar-refractivity contribution is 0.453. The summed E-state index contributed by atoms with van der Waals surface area (Å²) in [5, 5.41) is 4.16. The Morgan fingerprint density at radius 1 is 1.37 bits per heavy atom. The molecular weight excluding hydrogens is 244 g/mol. The second-order valence-corrected chi connectivity index (χ2v) is 4.03. The maximum Gasteiger partial charge on any atom is 0.227 e. The van der Waals surface area contributed by atoms with E-state index in [1.165, 1.54) is 6.33 Å². The molecular formula is C12H18N6O. The zero-order valence-electron chi connectivity index (χ0n) is 11.1. The summed E-state index contributed by atoms with van der Waals surface area (Å²) in [5.74, 6) is 7.22. The molecule has 0 radical (unpaired) electrons. The first kappa shape index (κ1) is 13.3. The molecule has 0 aliphatic heterocycles. The molecule has 7 nitrogen and oxygen atoms in total. The van der Waals surface area contributed by atoms with Crippen LogP contribution in [0.15, 0.2) is 18.7 Å². The second kappa shape index (κ2) is 6.14. The van der Waals surface area contributed by atoms with Gasteiger partial charge in [-0.2, -0.15) is 5.10 Å². The molecule has 0 fully saturated rings. The average Bonchev–Trinajstić information content (AvgIpc) is 2.88. The summed E-state index contributed by atoms with van der Waals surface area (Å²) < 4.78 is 7.55. The number of hydrogen-bond donors (Lipinski definition) is 2. The van der Waals surface area contributed by atoms with E-state index >= 15 is 0 Å². The van der Waals surface area contributed by atoms with Crippen molar-refractivity contribution in [3.05, 3.63) is 24.3 Å². The molecule has 0 aliphatic carbocycles. The molecule has 2 rings (SSSR count). The molecule has 0 spiro atoms. The fraction of sp³-hybridized carbons (Fsp3) is 0.417. The molecule has 2 aromatic heterocycles. The van der Waals surface area contributed by atoms with Crippen molar-refractivity contribution in [3.8, 4) is 11.6 Å². The van der Waals surface area contributed by atoms with Gasteiger partial charge in [0.05, 0.1) is 18.0 Å². The summed E-state index contributed by atoms with van der Waals surface area (Å²) in [6, 6.07) is 0. The molecule has 0 amide bonds. The summed E-state index contributed by atoms with van der Waals surface area (Å²) in [6.07, 6.45) is 6.66. The van der Waals surface area contributed by atoms with Crippen LogP contribution in [0.25, 0.3) is 0 Å². The van der Waals surface area contributed by atoms with Gasteiger partial charge in [-0.1, -0.05) is 13.3 Å². The quantitative estimate of drug-likeness (QED) is 0.608. The SMILES string of the molecule is CCCc1c(NN)ncnc1Oc1cnn(CC)c1. The van der Waals surface area contributed by atoms with Crippen molar-refractivity contribution in [1.82, 2.24) is 19.7 Å². The van der Waals surface area contributed by atoms with Crippen molar-refractivity contribution >= 4 is 5.82 Å². The van der Waals surface area contributed by atoms with Gasteiger partial charge >= 0.3 is 0 Å². The van der Waals surface area contributed by atoms with Crippen molar-refractivity contribution in [1.29, 1.82) is 0 Å². The van der Waals surface area contributed by atoms with Gasteiger partial charge in [0.15, 0.2) is 5.75 Å². The van der Waals surface area contributed by atoms with Crippen LogP contribution in [0.4, 0.5) is 5.82 Å². The van der Waals surface area contributed by atoms with Crippen LogP contribution in [0.5, 0.6) is 11.6 Å². The summed E-state index contributed by atoms with van der Waals surface area (Å²) in [7, 11) is 0. The van der Waals surface area contributed by atoms with Crippen LogP contribution in [0.2, 0.25) is 0 Å². The Balaban J connectivity index is 2.27. The summed E-state index contributed by atoms with van der Waals surface area (Å²) in [4.78, 5) is 8.26. The standard InChI is InChI=1S/C12H18N6O/c1-3-5-10-11(17-13)14-8-15-12(10)19-9-6-16-18(4-2)7-9/h6-8H,3-5,13H2,1-2H3,(H,14,15,17). The molecule has 3 N–H and O–H groups in total. The first-order valence-corrected chi connectivity index (χ1v) is 6.29. The van der Waals surface area contributed by atoms with Gasteiger partial charge in [-0.3, -0.25) is 4.68 Å². The Kier molecular flexibility index (Phi) is 4.30. The minimum absolute atomic E-state index is 0.514. The number of aromatic nitrogens is 4. The highest BCUT2D eigenvalue weighted by Gasteiger charge is 2.12. The van der Waals surface area contributed by atoms with Gasteiger partial charge in [0.1, 0.15) is 12.1 Å². The Morgan fingerprint density at radius 3 is 2.84 bits per heavy atom. The highest BCUT2D eigenvalue weighted by Crippen LogP contribution is 2.27. The third-order valence-corrected chi connectivity index (χ3v) is 2.69. The smallest absolute Gasteiger partial charge is 0.227 e. The van der Waals surface area contributed by atoms with Crippen LogP contribution in [-0.4, -0.2) is 19.7 Å². The number of ether oxygens (including phenoxy) is 1. The van der Waals surface area contributed by atoms with Crippen LogP contribution < -0.4 is 16.0 Å². The molecule has 0 saturated heterocycles. The van der Waals surface area contributed by atoms with Crippen LogP contribution in [0.3, 0.4) is 0 Å². The lowest BCUT2D eigenvalue weighted by atomic mass is 10.2. The maximum atomic E-state index is 5.76. The van der Waals surface area contributed by atoms with Gasteiger partial charge < -0.3 is 10.2 Å². The molecule has 0 aromatic carbocycles. The third kappa shape index (κ3) is 3.00. The van der Waals surface area contributed by atoms with Crippen molar-refractivity contribution in [2.75, 3.05) is 5.43 Å². The Hall–Kier alpha value is -2.15. The molecule has 0 saturated carbocycles. The summed E-state index contributed by atoms with van der Waals surface area (Å²) in [6.45, 7) is 4.89. The Morgan fingerprint density at radius 2 is 2.21 bits per heavy atom. The van der Waals surface area contributed by atoms with Crippen LogP contribution in [0, 0.1) is 0 Å². The normalized spacial score (nSPS) is 10.5. The minimum Gasteiger partial charge on any atom is -0.435 e. The largest absolute Gasteiger partial charge is 0.435 e. The fourth-order valence-electron chi connectivity index (χ4n) is 1.77. The molecule has 0 aliphatic rings. The van der Waals surface area contributed by atoms with Gasteiger partial charge in [0.25, 0.3) is 0 Å². The predicted molar refractivity (Wildman–Crippen MR) is 71.8 cm³/mol. The molecule has 2 heterocycles. The number of aryl methyl sites for hydroxylation is 1. The number of anilines is 1. The van der Waals surface area contributed by atoms with Gasteiger partial charge in [-0.25, -0.2) is 15.8 Å². The lowest BCUT2D eigenvalue weighted by Gasteiger charge is -2.11. The Bertz CT molecular complexity index is 539. The van der Waals surface area contributed by atoms with E-state index in [2.05, 4.69) is 27.4 Å². The minimum atomic E-state index is 0.514. The second-order valence-electron chi connectivity index (χ2n) is 4.03. The van der Waals surface area contributed by atoms with E-state index in [0.717, 1.165) is 24.9 Å². The van der Waals surface area contributed by atoms with Crippen LogP contribution >= 0.6 is 0 Å². The maximum absolute atomic E-state index is 5.76. The van der Waals surface area contributed by atoms with Gasteiger partial charge in [-0.05, 0) is 13.3 Å². The predicted octanol–water partition coefficient (Wildman–Crippen LogP) is 1.72. The van der Waals surface area contributed by atoms with E-state index in [-0.39, 0.29) is 0 Å². The highest BCUT2D eigenvalue weighted by molar-refractivity contribution is 5.48. The topological polar surface area (TPSA) is 90.9 Å². The molecule has 102 valence electrons. The molecule has 2 aromatic rings. The van der Waals surface area contributed by atoms with Crippen molar-refractivity contribution in [2.45, 2.75) is 33.2 Å². The molecule has 7 heteroatoms. The summed E-state index contributed by atoms with van der Waals surface area (Å²) >= 11 is 0. The summed E-state index contributed by atoms with van der Waals surface area (Å²) in [5.41, 5.74) is 3.44. The van der Waals surface area contributed by atoms with E-state index in [4.69, 9.17) is 10.6 Å². The molecule has 19 heavy (non-hydrogen) atoms. The lowest BCUT2D eigenvalue weighted by Crippen LogP contribution is -2.12. The molecule has 0 atom stereocenters. The number of hydrogen-bond acceptors (Lipinski definition) is 6. The van der Waals surface area contributed by atoms with Crippen molar-refractivity contribution in [2.24, 2.45) is 5.84 Å².